The Morgan fingerprint density at radius 2 is 2.22 bits per heavy atom. The third kappa shape index (κ3) is 2.88. The third-order valence-corrected chi connectivity index (χ3v) is 2.77. The van der Waals surface area contributed by atoms with Crippen LogP contribution in [0.3, 0.4) is 0 Å². The molecular formula is C10H8Cl2N4O2. The lowest BCUT2D eigenvalue weighted by molar-refractivity contribution is -0.116. The van der Waals surface area contributed by atoms with Crippen molar-refractivity contribution in [1.82, 2.24) is 9.78 Å². The average molecular weight is 287 g/mol. The Morgan fingerprint density at radius 3 is 2.72 bits per heavy atom. The number of nitriles is 1. The molecule has 0 amide bonds. The molecule has 94 valence electrons. The SMILES string of the molecule is CC(N)=C(C#N)C(=O)Cn1ncc(Cl)c(Cl)c1=O. The predicted octanol–water partition coefficient (Wildman–Crippen LogP) is 0.875. The zero-order chi connectivity index (χ0) is 13.9. The van der Waals surface area contributed by atoms with Gasteiger partial charge in [0.05, 0.1) is 11.2 Å². The summed E-state index contributed by atoms with van der Waals surface area (Å²) in [5.74, 6) is -0.620. The molecule has 0 atom stereocenters. The number of Topliss-reactive ketones (excluding diaryl/α,β-unsaturated/α-hetero) is 1. The van der Waals surface area contributed by atoms with Crippen molar-refractivity contribution in [3.8, 4) is 6.07 Å². The smallest absolute Gasteiger partial charge is 0.287 e. The predicted molar refractivity (Wildman–Crippen MR) is 66.0 cm³/mol. The van der Waals surface area contributed by atoms with E-state index in [2.05, 4.69) is 5.10 Å². The van der Waals surface area contributed by atoms with Gasteiger partial charge in [-0.25, -0.2) is 4.68 Å². The van der Waals surface area contributed by atoms with Crippen LogP contribution in [-0.4, -0.2) is 15.6 Å². The van der Waals surface area contributed by atoms with E-state index in [1.165, 1.54) is 6.92 Å². The summed E-state index contributed by atoms with van der Waals surface area (Å²) in [6.07, 6.45) is 1.14. The standard InChI is InChI=1S/C10H8Cl2N4O2/c1-5(14)6(2-13)8(17)4-16-10(18)9(12)7(11)3-15-16/h3H,4,14H2,1H3. The highest BCUT2D eigenvalue weighted by atomic mass is 35.5. The number of rotatable bonds is 3. The first kappa shape index (κ1) is 14.2. The van der Waals surface area contributed by atoms with E-state index in [9.17, 15) is 9.59 Å². The van der Waals surface area contributed by atoms with Crippen LogP contribution in [0.4, 0.5) is 0 Å². The van der Waals surface area contributed by atoms with E-state index in [1.54, 1.807) is 6.07 Å². The Labute approximate surface area is 112 Å². The van der Waals surface area contributed by atoms with Crippen molar-refractivity contribution in [2.45, 2.75) is 13.5 Å². The van der Waals surface area contributed by atoms with Crippen LogP contribution in [-0.2, 0) is 11.3 Å². The van der Waals surface area contributed by atoms with Gasteiger partial charge in [-0.15, -0.1) is 0 Å². The molecule has 18 heavy (non-hydrogen) atoms. The maximum absolute atomic E-state index is 11.7. The molecule has 0 radical (unpaired) electrons. The summed E-state index contributed by atoms with van der Waals surface area (Å²) in [6.45, 7) is 0.995. The maximum atomic E-state index is 11.7. The molecule has 0 aliphatic rings. The topological polar surface area (TPSA) is 102 Å². The van der Waals surface area contributed by atoms with Crippen molar-refractivity contribution < 1.29 is 4.79 Å². The highest BCUT2D eigenvalue weighted by molar-refractivity contribution is 6.41. The lowest BCUT2D eigenvalue weighted by Gasteiger charge is -2.04. The molecule has 0 spiro atoms. The van der Waals surface area contributed by atoms with Gasteiger partial charge in [0.25, 0.3) is 5.56 Å². The maximum Gasteiger partial charge on any atom is 0.287 e. The molecule has 0 aromatic carbocycles. The van der Waals surface area contributed by atoms with Gasteiger partial charge in [-0.2, -0.15) is 10.4 Å². The van der Waals surface area contributed by atoms with Crippen LogP contribution >= 0.6 is 23.2 Å². The molecule has 1 aromatic heterocycles. The first-order valence-corrected chi connectivity index (χ1v) is 5.44. The van der Waals surface area contributed by atoms with Gasteiger partial charge in [0.1, 0.15) is 23.2 Å². The second kappa shape index (κ2) is 5.67. The van der Waals surface area contributed by atoms with E-state index in [4.69, 9.17) is 34.2 Å². The molecule has 1 aromatic rings. The van der Waals surface area contributed by atoms with Crippen molar-refractivity contribution in [1.29, 1.82) is 5.26 Å². The summed E-state index contributed by atoms with van der Waals surface area (Å²) in [5.41, 5.74) is 4.54. The molecule has 8 heteroatoms. The number of allylic oxidation sites excluding steroid dienone is 2. The molecule has 0 aliphatic carbocycles. The summed E-state index contributed by atoms with van der Waals surface area (Å²) in [7, 11) is 0. The average Bonchev–Trinajstić information content (AvgIpc) is 2.30. The molecular weight excluding hydrogens is 279 g/mol. The van der Waals surface area contributed by atoms with Gasteiger partial charge in [0.15, 0.2) is 5.78 Å². The van der Waals surface area contributed by atoms with E-state index in [0.717, 1.165) is 10.9 Å². The zero-order valence-corrected chi connectivity index (χ0v) is 10.8. The van der Waals surface area contributed by atoms with Gasteiger partial charge in [0.2, 0.25) is 0 Å². The fourth-order valence-electron chi connectivity index (χ4n) is 1.14. The van der Waals surface area contributed by atoms with Crippen molar-refractivity contribution in [3.05, 3.63) is 37.9 Å². The number of carbonyl (C=O) groups is 1. The second-order valence-electron chi connectivity index (χ2n) is 3.36. The van der Waals surface area contributed by atoms with Crippen LogP contribution in [0.1, 0.15) is 6.92 Å². The Bertz CT molecular complexity index is 624. The number of halogens is 2. The fraction of sp³-hybridized carbons (Fsp3) is 0.200. The minimum atomic E-state index is -0.704. The number of hydrogen-bond donors (Lipinski definition) is 1. The lowest BCUT2D eigenvalue weighted by atomic mass is 10.1. The first-order valence-electron chi connectivity index (χ1n) is 4.69. The van der Waals surface area contributed by atoms with Gasteiger partial charge < -0.3 is 5.73 Å². The number of ketones is 1. The van der Waals surface area contributed by atoms with Crippen LogP contribution in [0.2, 0.25) is 10.0 Å². The quantitative estimate of drug-likeness (QED) is 0.656. The first-order chi connectivity index (χ1) is 8.38. The number of hydrogen-bond acceptors (Lipinski definition) is 5. The van der Waals surface area contributed by atoms with Crippen molar-refractivity contribution in [2.75, 3.05) is 0 Å². The van der Waals surface area contributed by atoms with Crippen molar-refractivity contribution in [3.63, 3.8) is 0 Å². The van der Waals surface area contributed by atoms with E-state index in [0.29, 0.717) is 0 Å². The second-order valence-corrected chi connectivity index (χ2v) is 4.15. The van der Waals surface area contributed by atoms with Crippen LogP contribution < -0.4 is 11.3 Å². The normalized spacial score (nSPS) is 11.7. The molecule has 0 unspecified atom stereocenters. The molecule has 6 nitrogen and oxygen atoms in total. The Kier molecular flexibility index (Phi) is 4.48. The fourth-order valence-corrected chi connectivity index (χ4v) is 1.41. The highest BCUT2D eigenvalue weighted by Gasteiger charge is 2.15. The lowest BCUT2D eigenvalue weighted by Crippen LogP contribution is -2.28. The molecule has 0 saturated carbocycles. The summed E-state index contributed by atoms with van der Waals surface area (Å²) in [4.78, 5) is 23.3. The van der Waals surface area contributed by atoms with Crippen molar-refractivity contribution in [2.24, 2.45) is 5.73 Å². The summed E-state index contributed by atoms with van der Waals surface area (Å²) in [6, 6.07) is 1.67. The molecule has 1 heterocycles. The third-order valence-electron chi connectivity index (χ3n) is 2.02. The minimum absolute atomic E-state index is 0.00331. The van der Waals surface area contributed by atoms with Gasteiger partial charge in [-0.05, 0) is 6.92 Å². The Balaban J connectivity index is 3.12. The van der Waals surface area contributed by atoms with Crippen LogP contribution in [0.5, 0.6) is 0 Å². The van der Waals surface area contributed by atoms with Gasteiger partial charge in [0, 0.05) is 5.70 Å². The summed E-state index contributed by atoms with van der Waals surface area (Å²) in [5, 5.41) is 12.2. The van der Waals surface area contributed by atoms with E-state index in [1.807, 2.05) is 0 Å². The molecule has 0 fully saturated rings. The highest BCUT2D eigenvalue weighted by Crippen LogP contribution is 2.14. The number of aromatic nitrogens is 2. The molecule has 0 aliphatic heterocycles. The van der Waals surface area contributed by atoms with Crippen LogP contribution in [0.15, 0.2) is 22.3 Å². The molecule has 1 rings (SSSR count). The Morgan fingerprint density at radius 1 is 1.61 bits per heavy atom. The largest absolute Gasteiger partial charge is 0.401 e. The monoisotopic (exact) mass is 286 g/mol. The summed E-state index contributed by atoms with van der Waals surface area (Å²) >= 11 is 11.2. The van der Waals surface area contributed by atoms with Gasteiger partial charge in [-0.1, -0.05) is 23.2 Å². The van der Waals surface area contributed by atoms with E-state index in [-0.39, 0.29) is 21.3 Å². The molecule has 2 N–H and O–H groups in total. The van der Waals surface area contributed by atoms with Gasteiger partial charge in [-0.3, -0.25) is 9.59 Å². The number of nitrogens with two attached hydrogens (primary N) is 1. The van der Waals surface area contributed by atoms with Crippen LogP contribution in [0.25, 0.3) is 0 Å². The molecule has 0 bridgehead atoms. The van der Waals surface area contributed by atoms with Crippen LogP contribution in [0, 0.1) is 11.3 Å². The minimum Gasteiger partial charge on any atom is -0.401 e. The van der Waals surface area contributed by atoms with Gasteiger partial charge >= 0.3 is 0 Å². The zero-order valence-electron chi connectivity index (χ0n) is 9.28. The Hall–Kier alpha value is -1.84. The summed E-state index contributed by atoms with van der Waals surface area (Å²) < 4.78 is 0.816. The van der Waals surface area contributed by atoms with Crippen molar-refractivity contribution >= 4 is 29.0 Å². The van der Waals surface area contributed by atoms with E-state index >= 15 is 0 Å². The number of carbonyl (C=O) groups excluding carboxylic acids is 1. The molecule has 0 saturated heterocycles. The van der Waals surface area contributed by atoms with E-state index < -0.39 is 17.9 Å². The number of nitrogens with zero attached hydrogens (tertiary/aromatic N) is 3.